The summed E-state index contributed by atoms with van der Waals surface area (Å²) in [6.45, 7) is 3.63. The molecule has 0 saturated heterocycles. The average Bonchev–Trinajstić information content (AvgIpc) is 2.49. The van der Waals surface area contributed by atoms with Crippen molar-refractivity contribution < 1.29 is 0 Å². The van der Waals surface area contributed by atoms with Gasteiger partial charge >= 0.3 is 0 Å². The normalized spacial score (nSPS) is 19.3. The van der Waals surface area contributed by atoms with Crippen LogP contribution in [0, 0.1) is 0 Å². The van der Waals surface area contributed by atoms with E-state index in [4.69, 9.17) is 0 Å². The fraction of sp³-hybridized carbons (Fsp3) is 0.222. The number of rotatable bonds is 5. The van der Waals surface area contributed by atoms with E-state index in [0.29, 0.717) is 0 Å². The third kappa shape index (κ3) is 4.29. The molecule has 1 N–H and O–H groups in total. The molecule has 1 heteroatoms. The number of hydrogen-bond donors (Lipinski definition) is 1. The predicted molar refractivity (Wildman–Crippen MR) is 83.5 cm³/mol. The van der Waals surface area contributed by atoms with Crippen LogP contribution in [-0.2, 0) is 0 Å². The first kappa shape index (κ1) is 13.4. The van der Waals surface area contributed by atoms with Gasteiger partial charge in [-0.15, -0.1) is 0 Å². The Morgan fingerprint density at radius 3 is 2.53 bits per heavy atom. The van der Waals surface area contributed by atoms with Gasteiger partial charge in [0.25, 0.3) is 0 Å². The maximum atomic E-state index is 3.63. The van der Waals surface area contributed by atoms with Gasteiger partial charge in [0, 0.05) is 11.9 Å². The molecule has 0 aromatic heterocycles. The van der Waals surface area contributed by atoms with Crippen molar-refractivity contribution in [3.05, 3.63) is 84.3 Å². The minimum absolute atomic E-state index is 1.09. The van der Waals surface area contributed by atoms with E-state index in [0.717, 1.165) is 12.8 Å². The van der Waals surface area contributed by atoms with Crippen molar-refractivity contribution in [2.24, 2.45) is 0 Å². The van der Waals surface area contributed by atoms with Crippen LogP contribution in [-0.4, -0.2) is 0 Å². The Labute approximate surface area is 116 Å². The van der Waals surface area contributed by atoms with E-state index in [9.17, 15) is 0 Å². The molecule has 2 aliphatic carbocycles. The van der Waals surface area contributed by atoms with Gasteiger partial charge in [0.2, 0.25) is 0 Å². The van der Waals surface area contributed by atoms with Crippen LogP contribution in [0.25, 0.3) is 0 Å². The lowest BCUT2D eigenvalue weighted by Crippen LogP contribution is -2.08. The van der Waals surface area contributed by atoms with E-state index >= 15 is 0 Å². The van der Waals surface area contributed by atoms with Gasteiger partial charge in [-0.1, -0.05) is 49.1 Å². The van der Waals surface area contributed by atoms with Crippen molar-refractivity contribution in [1.82, 2.24) is 5.32 Å². The molecular weight excluding hydrogens is 230 g/mol. The molecule has 98 valence electrons. The van der Waals surface area contributed by atoms with Crippen LogP contribution >= 0.6 is 0 Å². The molecule has 0 unspecified atom stereocenters. The van der Waals surface area contributed by atoms with Gasteiger partial charge in [-0.25, -0.2) is 0 Å². The van der Waals surface area contributed by atoms with E-state index < -0.39 is 0 Å². The molecule has 1 nitrogen and oxygen atoms in total. The summed E-state index contributed by atoms with van der Waals surface area (Å²) >= 11 is 0. The number of hydrogen-bond acceptors (Lipinski definition) is 1. The van der Waals surface area contributed by atoms with Crippen molar-refractivity contribution in [2.45, 2.75) is 25.7 Å². The molecule has 0 aromatic carbocycles. The summed E-state index contributed by atoms with van der Waals surface area (Å²) in [5.41, 5.74) is 4.27. The fourth-order valence-corrected chi connectivity index (χ4v) is 2.25. The van der Waals surface area contributed by atoms with Crippen LogP contribution < -0.4 is 5.32 Å². The van der Waals surface area contributed by atoms with E-state index in [-0.39, 0.29) is 0 Å². The predicted octanol–water partition coefficient (Wildman–Crippen LogP) is 4.71. The highest BCUT2D eigenvalue weighted by Gasteiger charge is 2.10. The molecule has 19 heavy (non-hydrogen) atoms. The van der Waals surface area contributed by atoms with Crippen LogP contribution in [0.1, 0.15) is 25.7 Å². The fourth-order valence-electron chi connectivity index (χ4n) is 2.25. The molecule has 0 bridgehead atoms. The molecule has 2 rings (SSSR count). The zero-order valence-electron chi connectivity index (χ0n) is 11.3. The van der Waals surface area contributed by atoms with Crippen molar-refractivity contribution >= 4 is 0 Å². The lowest BCUT2D eigenvalue weighted by molar-refractivity contribution is 0.823. The highest BCUT2D eigenvalue weighted by Crippen LogP contribution is 2.27. The molecule has 0 aliphatic heterocycles. The van der Waals surface area contributed by atoms with Crippen molar-refractivity contribution in [1.29, 1.82) is 0 Å². The molecule has 0 aromatic rings. The lowest BCUT2D eigenvalue weighted by atomic mass is 9.91. The molecule has 0 spiro atoms. The molecule has 0 amide bonds. The Bertz CT molecular complexity index is 496. The highest BCUT2D eigenvalue weighted by atomic mass is 14.8. The zero-order chi connectivity index (χ0) is 13.3. The highest BCUT2D eigenvalue weighted by molar-refractivity contribution is 5.41. The van der Waals surface area contributed by atoms with Gasteiger partial charge in [-0.2, -0.15) is 0 Å². The summed E-state index contributed by atoms with van der Waals surface area (Å²) in [6, 6.07) is 0. The topological polar surface area (TPSA) is 12.0 Å². The summed E-state index contributed by atoms with van der Waals surface area (Å²) < 4.78 is 0. The summed E-state index contributed by atoms with van der Waals surface area (Å²) in [5.74, 6) is 0. The van der Waals surface area contributed by atoms with E-state index in [1.54, 1.807) is 6.08 Å². The van der Waals surface area contributed by atoms with Gasteiger partial charge in [0.05, 0.1) is 0 Å². The van der Waals surface area contributed by atoms with Gasteiger partial charge in [0.1, 0.15) is 0 Å². The van der Waals surface area contributed by atoms with E-state index in [1.165, 1.54) is 29.7 Å². The third-order valence-electron chi connectivity index (χ3n) is 3.30. The first-order valence-corrected chi connectivity index (χ1v) is 6.87. The second kappa shape index (κ2) is 7.42. The lowest BCUT2D eigenvalue weighted by Gasteiger charge is -2.18. The van der Waals surface area contributed by atoms with Crippen LogP contribution in [0.2, 0.25) is 0 Å². The first-order chi connectivity index (χ1) is 9.40. The molecule has 0 heterocycles. The van der Waals surface area contributed by atoms with Gasteiger partial charge < -0.3 is 5.32 Å². The second-order valence-electron chi connectivity index (χ2n) is 4.67. The van der Waals surface area contributed by atoms with Crippen LogP contribution in [0.4, 0.5) is 0 Å². The van der Waals surface area contributed by atoms with Crippen molar-refractivity contribution in [2.75, 3.05) is 0 Å². The smallest absolute Gasteiger partial charge is 0.0150 e. The van der Waals surface area contributed by atoms with E-state index in [2.05, 4.69) is 42.3 Å². The molecule has 0 radical (unpaired) electrons. The maximum absolute atomic E-state index is 3.63. The molecule has 2 aliphatic rings. The van der Waals surface area contributed by atoms with Gasteiger partial charge in [-0.05, 0) is 49.0 Å². The third-order valence-corrected chi connectivity index (χ3v) is 3.30. The quantitative estimate of drug-likeness (QED) is 0.698. The van der Waals surface area contributed by atoms with Crippen LogP contribution in [0.15, 0.2) is 84.3 Å². The number of nitrogens with one attached hydrogen (secondary N) is 1. The summed E-state index contributed by atoms with van der Waals surface area (Å²) in [6.07, 6.45) is 25.3. The number of allylic oxidation sites excluding steroid dienone is 12. The largest absolute Gasteiger partial charge is 0.365 e. The molecule has 0 saturated carbocycles. The Hall–Kier alpha value is -2.02. The van der Waals surface area contributed by atoms with Crippen LogP contribution in [0.5, 0.6) is 0 Å². The van der Waals surface area contributed by atoms with Gasteiger partial charge in [-0.3, -0.25) is 0 Å². The van der Waals surface area contributed by atoms with Crippen molar-refractivity contribution in [3.8, 4) is 0 Å². The summed E-state index contributed by atoms with van der Waals surface area (Å²) in [4.78, 5) is 0. The summed E-state index contributed by atoms with van der Waals surface area (Å²) in [7, 11) is 0. The van der Waals surface area contributed by atoms with Crippen LogP contribution in [0.3, 0.4) is 0 Å². The monoisotopic (exact) mass is 251 g/mol. The Morgan fingerprint density at radius 2 is 1.84 bits per heavy atom. The summed E-state index contributed by atoms with van der Waals surface area (Å²) in [5, 5.41) is 3.32. The molecular formula is C18H21N. The second-order valence-corrected chi connectivity index (χ2v) is 4.67. The van der Waals surface area contributed by atoms with Crippen molar-refractivity contribution in [3.63, 3.8) is 0 Å². The Kier molecular flexibility index (Phi) is 5.24. The first-order valence-electron chi connectivity index (χ1n) is 6.87. The maximum Gasteiger partial charge on any atom is 0.0150 e. The molecule has 0 atom stereocenters. The minimum atomic E-state index is 1.09. The van der Waals surface area contributed by atoms with Gasteiger partial charge in [0.15, 0.2) is 0 Å². The average molecular weight is 251 g/mol. The molecule has 0 fully saturated rings. The Morgan fingerprint density at radius 1 is 0.947 bits per heavy atom. The minimum Gasteiger partial charge on any atom is -0.365 e. The Balaban J connectivity index is 1.91. The van der Waals surface area contributed by atoms with E-state index in [1.807, 2.05) is 24.4 Å². The zero-order valence-corrected chi connectivity index (χ0v) is 11.3. The standard InChI is InChI=1S/C18H21N/c1-2-3-4-8-15-19-18-13-11-17(12-14-18)16-9-6-5-7-10-16/h2-6,8-9,11,13,15,19H,1,7,10,12,14H2/b4-3-,15-8+. The SMILES string of the molecule is C=C/C=C\C=C\NC1=CC=C(C2=CC=CCC2)CC1.